The van der Waals surface area contributed by atoms with E-state index in [9.17, 15) is 18.3 Å². The Bertz CT molecular complexity index is 885. The van der Waals surface area contributed by atoms with Gasteiger partial charge in [0.1, 0.15) is 5.75 Å². The number of phenolic OH excluding ortho intramolecular Hbond substituents is 1. The zero-order valence-corrected chi connectivity index (χ0v) is 11.9. The van der Waals surface area contributed by atoms with Gasteiger partial charge in [0.15, 0.2) is 0 Å². The van der Waals surface area contributed by atoms with Crippen molar-refractivity contribution in [2.75, 3.05) is 0 Å². The third-order valence-corrected chi connectivity index (χ3v) is 3.46. The number of rotatable bonds is 2. The molecule has 3 rings (SSSR count). The number of nitrogens with zero attached hydrogens (tertiary/aromatic N) is 1. The fourth-order valence-corrected chi connectivity index (χ4v) is 2.32. The minimum absolute atomic E-state index is 0.0272. The molecule has 0 bridgehead atoms. The quantitative estimate of drug-likeness (QED) is 0.638. The summed E-state index contributed by atoms with van der Waals surface area (Å²) in [7, 11) is 0. The van der Waals surface area contributed by atoms with E-state index in [1.165, 1.54) is 24.4 Å². The first kappa shape index (κ1) is 15.1. The topological polar surface area (TPSA) is 32.6 Å². The number of phenols is 1. The van der Waals surface area contributed by atoms with E-state index in [-0.39, 0.29) is 11.4 Å². The van der Waals surface area contributed by atoms with Crippen LogP contribution in [-0.4, -0.2) is 11.3 Å². The lowest BCUT2D eigenvalue weighted by Crippen LogP contribution is -2.03. The highest BCUT2D eigenvalue weighted by molar-refractivity contribution is 6.02. The van der Waals surface area contributed by atoms with Gasteiger partial charge in [0.05, 0.1) is 11.3 Å². The molecular formula is C18H12F3NO. The molecule has 0 aromatic heterocycles. The molecule has 5 heteroatoms. The maximum atomic E-state index is 12.7. The van der Waals surface area contributed by atoms with Gasteiger partial charge in [-0.3, -0.25) is 4.99 Å². The van der Waals surface area contributed by atoms with Crippen molar-refractivity contribution in [3.05, 3.63) is 71.8 Å². The molecule has 0 fully saturated rings. The number of aliphatic imine (C=N–C) groups is 1. The number of benzene rings is 3. The predicted molar refractivity (Wildman–Crippen MR) is 84.3 cm³/mol. The highest BCUT2D eigenvalue weighted by atomic mass is 19.4. The normalized spacial score (nSPS) is 12.1. The lowest BCUT2D eigenvalue weighted by Gasteiger charge is -2.07. The van der Waals surface area contributed by atoms with Crippen molar-refractivity contribution in [1.82, 2.24) is 0 Å². The van der Waals surface area contributed by atoms with Gasteiger partial charge in [-0.2, -0.15) is 13.2 Å². The van der Waals surface area contributed by atoms with Crippen LogP contribution in [0, 0.1) is 0 Å². The maximum absolute atomic E-state index is 12.7. The Hall–Kier alpha value is -2.82. The van der Waals surface area contributed by atoms with E-state index in [0.717, 1.165) is 22.9 Å². The Morgan fingerprint density at radius 1 is 0.913 bits per heavy atom. The second-order valence-electron chi connectivity index (χ2n) is 5.03. The van der Waals surface area contributed by atoms with Gasteiger partial charge in [-0.05, 0) is 35.0 Å². The van der Waals surface area contributed by atoms with E-state index in [1.54, 1.807) is 6.07 Å². The lowest BCUT2D eigenvalue weighted by molar-refractivity contribution is -0.137. The van der Waals surface area contributed by atoms with Crippen LogP contribution in [0.25, 0.3) is 10.8 Å². The zero-order valence-electron chi connectivity index (χ0n) is 11.9. The van der Waals surface area contributed by atoms with Gasteiger partial charge >= 0.3 is 6.18 Å². The van der Waals surface area contributed by atoms with E-state index in [2.05, 4.69) is 4.99 Å². The largest absolute Gasteiger partial charge is 0.507 e. The van der Waals surface area contributed by atoms with E-state index >= 15 is 0 Å². The minimum Gasteiger partial charge on any atom is -0.507 e. The number of halogens is 3. The summed E-state index contributed by atoms with van der Waals surface area (Å²) in [5.41, 5.74) is -0.109. The first-order valence-corrected chi connectivity index (χ1v) is 6.87. The Morgan fingerprint density at radius 2 is 1.70 bits per heavy atom. The molecule has 0 aliphatic heterocycles. The Morgan fingerprint density at radius 3 is 2.48 bits per heavy atom. The van der Waals surface area contributed by atoms with Crippen LogP contribution in [-0.2, 0) is 6.18 Å². The molecule has 2 nitrogen and oxygen atoms in total. The molecule has 0 atom stereocenters. The van der Waals surface area contributed by atoms with Gasteiger partial charge in [-0.25, -0.2) is 0 Å². The van der Waals surface area contributed by atoms with Crippen molar-refractivity contribution in [2.45, 2.75) is 6.18 Å². The van der Waals surface area contributed by atoms with Gasteiger partial charge in [-0.1, -0.05) is 36.4 Å². The van der Waals surface area contributed by atoms with E-state index in [0.29, 0.717) is 5.56 Å². The standard InChI is InChI=1S/C18H12F3NO/c19-18(20,21)13-5-3-6-14(10-13)22-11-16-15-7-2-1-4-12(15)8-9-17(16)23/h1-11,23H. The van der Waals surface area contributed by atoms with Crippen LogP contribution in [0.1, 0.15) is 11.1 Å². The van der Waals surface area contributed by atoms with Crippen LogP contribution in [0.4, 0.5) is 18.9 Å². The van der Waals surface area contributed by atoms with Crippen LogP contribution in [0.3, 0.4) is 0 Å². The first-order chi connectivity index (χ1) is 10.9. The molecule has 3 aromatic rings. The molecule has 0 aliphatic carbocycles. The average Bonchev–Trinajstić information content (AvgIpc) is 2.53. The van der Waals surface area contributed by atoms with E-state index in [4.69, 9.17) is 0 Å². The summed E-state index contributed by atoms with van der Waals surface area (Å²) in [6.07, 6.45) is -3.03. The monoisotopic (exact) mass is 315 g/mol. The SMILES string of the molecule is Oc1ccc2ccccc2c1C=Nc1cccc(C(F)(F)F)c1. The summed E-state index contributed by atoms with van der Waals surface area (Å²) in [5, 5.41) is 11.7. The number of alkyl halides is 3. The van der Waals surface area contributed by atoms with Crippen molar-refractivity contribution < 1.29 is 18.3 Å². The zero-order chi connectivity index (χ0) is 16.4. The Labute approximate surface area is 130 Å². The number of hydrogen-bond donors (Lipinski definition) is 1. The van der Waals surface area contributed by atoms with Crippen LogP contribution in [0.5, 0.6) is 5.75 Å². The number of hydrogen-bond acceptors (Lipinski definition) is 2. The van der Waals surface area contributed by atoms with Gasteiger partial charge in [-0.15, -0.1) is 0 Å². The lowest BCUT2D eigenvalue weighted by atomic mass is 10.0. The summed E-state index contributed by atoms with van der Waals surface area (Å²) >= 11 is 0. The maximum Gasteiger partial charge on any atom is 0.416 e. The molecule has 1 N–H and O–H groups in total. The van der Waals surface area contributed by atoms with Gasteiger partial charge in [0.25, 0.3) is 0 Å². The summed E-state index contributed by atoms with van der Waals surface area (Å²) in [4.78, 5) is 4.08. The van der Waals surface area contributed by atoms with Crippen molar-refractivity contribution in [2.24, 2.45) is 4.99 Å². The molecular weight excluding hydrogens is 303 g/mol. The van der Waals surface area contributed by atoms with Crippen molar-refractivity contribution in [1.29, 1.82) is 0 Å². The van der Waals surface area contributed by atoms with E-state index in [1.807, 2.05) is 24.3 Å². The van der Waals surface area contributed by atoms with E-state index < -0.39 is 11.7 Å². The number of fused-ring (bicyclic) bond motifs is 1. The third-order valence-electron chi connectivity index (χ3n) is 3.46. The average molecular weight is 315 g/mol. The predicted octanol–water partition coefficient (Wildman–Crippen LogP) is 5.31. The minimum atomic E-state index is -4.41. The highest BCUT2D eigenvalue weighted by Gasteiger charge is 2.30. The molecule has 0 saturated carbocycles. The third kappa shape index (κ3) is 3.18. The molecule has 23 heavy (non-hydrogen) atoms. The molecule has 0 unspecified atom stereocenters. The molecule has 0 heterocycles. The summed E-state index contributed by atoms with van der Waals surface area (Å²) < 4.78 is 38.1. The van der Waals surface area contributed by atoms with Gasteiger partial charge in [0.2, 0.25) is 0 Å². The second kappa shape index (κ2) is 5.76. The summed E-state index contributed by atoms with van der Waals surface area (Å²) in [5.74, 6) is 0.0272. The molecule has 0 saturated heterocycles. The molecule has 0 amide bonds. The summed E-state index contributed by atoms with van der Waals surface area (Å²) in [6, 6.07) is 15.5. The fourth-order valence-electron chi connectivity index (χ4n) is 2.32. The smallest absolute Gasteiger partial charge is 0.416 e. The molecule has 0 spiro atoms. The van der Waals surface area contributed by atoms with Crippen LogP contribution in [0.15, 0.2) is 65.7 Å². The van der Waals surface area contributed by atoms with Gasteiger partial charge < -0.3 is 5.11 Å². The Kier molecular flexibility index (Phi) is 3.78. The first-order valence-electron chi connectivity index (χ1n) is 6.87. The van der Waals surface area contributed by atoms with Crippen molar-refractivity contribution in [3.8, 4) is 5.75 Å². The second-order valence-corrected chi connectivity index (χ2v) is 5.03. The fraction of sp³-hybridized carbons (Fsp3) is 0.0556. The Balaban J connectivity index is 2.03. The van der Waals surface area contributed by atoms with Crippen LogP contribution in [0.2, 0.25) is 0 Å². The molecule has 0 radical (unpaired) electrons. The molecule has 116 valence electrons. The van der Waals surface area contributed by atoms with Gasteiger partial charge in [0, 0.05) is 11.8 Å². The number of aromatic hydroxyl groups is 1. The molecule has 3 aromatic carbocycles. The van der Waals surface area contributed by atoms with Crippen molar-refractivity contribution in [3.63, 3.8) is 0 Å². The molecule has 0 aliphatic rings. The highest BCUT2D eigenvalue weighted by Crippen LogP contribution is 2.32. The summed E-state index contributed by atoms with van der Waals surface area (Å²) in [6.45, 7) is 0. The van der Waals surface area contributed by atoms with Crippen LogP contribution >= 0.6 is 0 Å². The van der Waals surface area contributed by atoms with Crippen molar-refractivity contribution >= 4 is 22.7 Å². The van der Waals surface area contributed by atoms with Crippen LogP contribution < -0.4 is 0 Å².